The predicted octanol–water partition coefficient (Wildman–Crippen LogP) is 0.988. The molecule has 0 saturated carbocycles. The summed E-state index contributed by atoms with van der Waals surface area (Å²) in [6.07, 6.45) is -2.07. The van der Waals surface area contributed by atoms with Gasteiger partial charge in [0.2, 0.25) is 5.91 Å². The second-order valence-electron chi connectivity index (χ2n) is 7.16. The van der Waals surface area contributed by atoms with Gasteiger partial charge in [0.15, 0.2) is 12.1 Å². The number of nitrogens with one attached hydrogen (secondary N) is 1. The van der Waals surface area contributed by atoms with Crippen molar-refractivity contribution in [1.82, 2.24) is 5.32 Å². The van der Waals surface area contributed by atoms with Crippen molar-refractivity contribution in [2.45, 2.75) is 63.6 Å². The van der Waals surface area contributed by atoms with Gasteiger partial charge in [0, 0.05) is 6.92 Å². The average Bonchev–Trinajstić information content (AvgIpc) is 2.59. The SMILES string of the molecule is CC(=O)N[C@@H]1[C@H](OCCc2ccccc2)O[C@@H]2COC(C)(C)O[C@@H]2[C@H]1O. The van der Waals surface area contributed by atoms with Crippen molar-refractivity contribution in [3.63, 3.8) is 0 Å². The molecule has 1 amide bonds. The highest BCUT2D eigenvalue weighted by Gasteiger charge is 2.51. The van der Waals surface area contributed by atoms with Crippen LogP contribution < -0.4 is 5.32 Å². The third-order valence-electron chi connectivity index (χ3n) is 4.57. The van der Waals surface area contributed by atoms with Gasteiger partial charge < -0.3 is 29.4 Å². The van der Waals surface area contributed by atoms with E-state index in [0.717, 1.165) is 5.56 Å². The van der Waals surface area contributed by atoms with Crippen LogP contribution in [0.1, 0.15) is 26.3 Å². The summed E-state index contributed by atoms with van der Waals surface area (Å²) in [5.41, 5.74) is 1.14. The highest BCUT2D eigenvalue weighted by atomic mass is 16.8. The van der Waals surface area contributed by atoms with Crippen LogP contribution in [0.4, 0.5) is 0 Å². The number of carbonyl (C=O) groups is 1. The Morgan fingerprint density at radius 2 is 2.08 bits per heavy atom. The number of rotatable bonds is 5. The summed E-state index contributed by atoms with van der Waals surface area (Å²) in [5.74, 6) is -1.08. The Labute approximate surface area is 153 Å². The predicted molar refractivity (Wildman–Crippen MR) is 93.3 cm³/mol. The Bertz CT molecular complexity index is 607. The third kappa shape index (κ3) is 4.61. The van der Waals surface area contributed by atoms with Crippen LogP contribution in [0.15, 0.2) is 30.3 Å². The van der Waals surface area contributed by atoms with E-state index in [9.17, 15) is 9.90 Å². The van der Waals surface area contributed by atoms with Crippen molar-refractivity contribution in [2.75, 3.05) is 13.2 Å². The minimum absolute atomic E-state index is 0.265. The second-order valence-corrected chi connectivity index (χ2v) is 7.16. The normalized spacial score (nSPS) is 33.3. The minimum atomic E-state index is -0.956. The van der Waals surface area contributed by atoms with E-state index in [4.69, 9.17) is 18.9 Å². The summed E-state index contributed by atoms with van der Waals surface area (Å²) in [6, 6.07) is 9.23. The summed E-state index contributed by atoms with van der Waals surface area (Å²) in [6.45, 7) is 5.66. The fourth-order valence-corrected chi connectivity index (χ4v) is 3.31. The summed E-state index contributed by atoms with van der Waals surface area (Å²) >= 11 is 0. The number of fused-ring (bicyclic) bond motifs is 1. The van der Waals surface area contributed by atoms with E-state index in [1.807, 2.05) is 30.3 Å². The first-order valence-corrected chi connectivity index (χ1v) is 8.94. The minimum Gasteiger partial charge on any atom is -0.388 e. The molecule has 7 heteroatoms. The number of aliphatic hydroxyl groups is 1. The summed E-state index contributed by atoms with van der Waals surface area (Å²) in [5, 5.41) is 13.5. The van der Waals surface area contributed by atoms with Gasteiger partial charge in [-0.05, 0) is 25.8 Å². The molecule has 2 fully saturated rings. The molecule has 2 aliphatic heterocycles. The molecule has 5 atom stereocenters. The van der Waals surface area contributed by atoms with E-state index < -0.39 is 36.4 Å². The van der Waals surface area contributed by atoms with Crippen LogP contribution in [0.5, 0.6) is 0 Å². The van der Waals surface area contributed by atoms with Gasteiger partial charge >= 0.3 is 0 Å². The van der Waals surface area contributed by atoms with E-state index in [1.54, 1.807) is 13.8 Å². The Kier molecular flexibility index (Phi) is 5.94. The molecule has 2 aliphatic rings. The zero-order valence-electron chi connectivity index (χ0n) is 15.4. The largest absolute Gasteiger partial charge is 0.388 e. The van der Waals surface area contributed by atoms with E-state index in [2.05, 4.69) is 5.32 Å². The molecule has 3 rings (SSSR count). The van der Waals surface area contributed by atoms with Crippen LogP contribution >= 0.6 is 0 Å². The number of aliphatic hydroxyl groups excluding tert-OH is 1. The van der Waals surface area contributed by atoms with Crippen LogP contribution in [0.25, 0.3) is 0 Å². The molecule has 144 valence electrons. The van der Waals surface area contributed by atoms with Gasteiger partial charge in [0.05, 0.1) is 13.2 Å². The first-order chi connectivity index (χ1) is 12.4. The van der Waals surface area contributed by atoms with Crippen LogP contribution in [0, 0.1) is 0 Å². The summed E-state index contributed by atoms with van der Waals surface area (Å²) < 4.78 is 23.3. The van der Waals surface area contributed by atoms with Gasteiger partial charge in [0.25, 0.3) is 0 Å². The molecule has 2 heterocycles. The van der Waals surface area contributed by atoms with Gasteiger partial charge in [0.1, 0.15) is 24.4 Å². The van der Waals surface area contributed by atoms with Gasteiger partial charge in [-0.3, -0.25) is 4.79 Å². The molecule has 2 N–H and O–H groups in total. The molecule has 0 spiro atoms. The van der Waals surface area contributed by atoms with Crippen molar-refractivity contribution < 1.29 is 28.8 Å². The Morgan fingerprint density at radius 3 is 2.77 bits per heavy atom. The molecule has 26 heavy (non-hydrogen) atoms. The van der Waals surface area contributed by atoms with Crippen LogP contribution in [-0.2, 0) is 30.2 Å². The molecule has 2 saturated heterocycles. The smallest absolute Gasteiger partial charge is 0.217 e. The molecule has 7 nitrogen and oxygen atoms in total. The Morgan fingerprint density at radius 1 is 1.35 bits per heavy atom. The van der Waals surface area contributed by atoms with E-state index >= 15 is 0 Å². The highest BCUT2D eigenvalue weighted by Crippen LogP contribution is 2.32. The van der Waals surface area contributed by atoms with E-state index in [0.29, 0.717) is 19.6 Å². The van der Waals surface area contributed by atoms with E-state index in [1.165, 1.54) is 6.92 Å². The van der Waals surface area contributed by atoms with Crippen molar-refractivity contribution in [1.29, 1.82) is 0 Å². The third-order valence-corrected chi connectivity index (χ3v) is 4.57. The lowest BCUT2D eigenvalue weighted by atomic mass is 9.95. The van der Waals surface area contributed by atoms with Gasteiger partial charge in [-0.2, -0.15) is 0 Å². The second kappa shape index (κ2) is 8.02. The molecule has 0 radical (unpaired) electrons. The molecule has 0 bridgehead atoms. The zero-order valence-corrected chi connectivity index (χ0v) is 15.4. The average molecular weight is 365 g/mol. The molecular weight excluding hydrogens is 338 g/mol. The maximum atomic E-state index is 11.6. The summed E-state index contributed by atoms with van der Waals surface area (Å²) in [7, 11) is 0. The van der Waals surface area contributed by atoms with Crippen LogP contribution in [0.3, 0.4) is 0 Å². The maximum absolute atomic E-state index is 11.6. The highest BCUT2D eigenvalue weighted by molar-refractivity contribution is 5.73. The van der Waals surface area contributed by atoms with Crippen molar-refractivity contribution >= 4 is 5.91 Å². The van der Waals surface area contributed by atoms with Crippen LogP contribution in [-0.4, -0.2) is 60.7 Å². The standard InChI is InChI=1S/C19H27NO6/c1-12(21)20-15-16(22)17-14(11-24-19(2,3)26-17)25-18(15)23-10-9-13-7-5-4-6-8-13/h4-8,14-18,22H,9-11H2,1-3H3,(H,20,21)/t14-,15+,16+,17+,18-/m1/s1. The Hall–Kier alpha value is -1.51. The summed E-state index contributed by atoms with van der Waals surface area (Å²) in [4.78, 5) is 11.6. The van der Waals surface area contributed by atoms with Crippen molar-refractivity contribution in [3.05, 3.63) is 35.9 Å². The van der Waals surface area contributed by atoms with Crippen LogP contribution in [0.2, 0.25) is 0 Å². The fraction of sp³-hybridized carbons (Fsp3) is 0.632. The number of amides is 1. The number of hydrogen-bond donors (Lipinski definition) is 2. The van der Waals surface area contributed by atoms with Crippen molar-refractivity contribution in [3.8, 4) is 0 Å². The maximum Gasteiger partial charge on any atom is 0.217 e. The first kappa shape index (κ1) is 19.3. The lowest BCUT2D eigenvalue weighted by molar-refractivity contribution is -0.368. The van der Waals surface area contributed by atoms with E-state index in [-0.39, 0.29) is 5.91 Å². The Balaban J connectivity index is 1.66. The number of ether oxygens (including phenoxy) is 4. The quantitative estimate of drug-likeness (QED) is 0.809. The fourth-order valence-electron chi connectivity index (χ4n) is 3.31. The van der Waals surface area contributed by atoms with Crippen molar-refractivity contribution in [2.24, 2.45) is 0 Å². The molecule has 0 aliphatic carbocycles. The molecule has 1 aromatic carbocycles. The monoisotopic (exact) mass is 365 g/mol. The molecule has 0 aromatic heterocycles. The molecule has 1 aromatic rings. The lowest BCUT2D eigenvalue weighted by Gasteiger charge is -2.49. The number of benzene rings is 1. The van der Waals surface area contributed by atoms with Gasteiger partial charge in [-0.25, -0.2) is 0 Å². The van der Waals surface area contributed by atoms with Gasteiger partial charge in [-0.1, -0.05) is 30.3 Å². The lowest BCUT2D eigenvalue weighted by Crippen LogP contribution is -2.68. The molecule has 0 unspecified atom stereocenters. The number of hydrogen-bond acceptors (Lipinski definition) is 6. The topological polar surface area (TPSA) is 86.3 Å². The first-order valence-electron chi connectivity index (χ1n) is 8.94. The zero-order chi connectivity index (χ0) is 18.7. The number of carbonyl (C=O) groups excluding carboxylic acids is 1. The molecular formula is C19H27NO6. The van der Waals surface area contributed by atoms with Gasteiger partial charge in [-0.15, -0.1) is 0 Å².